The van der Waals surface area contributed by atoms with Gasteiger partial charge in [0.1, 0.15) is 11.8 Å². The van der Waals surface area contributed by atoms with E-state index >= 15 is 0 Å². The van der Waals surface area contributed by atoms with E-state index < -0.39 is 12.1 Å². The van der Waals surface area contributed by atoms with Crippen LogP contribution >= 0.6 is 0 Å². The van der Waals surface area contributed by atoms with Crippen LogP contribution in [0.4, 0.5) is 0 Å². The van der Waals surface area contributed by atoms with Crippen molar-refractivity contribution in [1.82, 2.24) is 15.5 Å². The molecule has 30 heavy (non-hydrogen) atoms. The van der Waals surface area contributed by atoms with Crippen molar-refractivity contribution >= 4 is 17.7 Å². The van der Waals surface area contributed by atoms with Crippen LogP contribution in [0.2, 0.25) is 0 Å². The number of hydrogen-bond acceptors (Lipinski definition) is 5. The van der Waals surface area contributed by atoms with Gasteiger partial charge in [0.2, 0.25) is 17.7 Å². The second kappa shape index (κ2) is 11.0. The summed E-state index contributed by atoms with van der Waals surface area (Å²) in [6, 6.07) is 6.27. The zero-order chi connectivity index (χ0) is 22.3. The number of benzene rings is 1. The van der Waals surface area contributed by atoms with Crippen LogP contribution in [0, 0.1) is 11.8 Å². The molecule has 3 amide bonds. The predicted molar refractivity (Wildman–Crippen MR) is 115 cm³/mol. The number of amides is 3. The highest BCUT2D eigenvalue weighted by molar-refractivity contribution is 5.88. The van der Waals surface area contributed by atoms with Crippen molar-refractivity contribution in [3.05, 3.63) is 29.8 Å². The number of nitrogens with one attached hydrogen (secondary N) is 2. The lowest BCUT2D eigenvalue weighted by Gasteiger charge is -2.34. The van der Waals surface area contributed by atoms with Gasteiger partial charge in [-0.1, -0.05) is 26.0 Å². The van der Waals surface area contributed by atoms with Crippen molar-refractivity contribution in [2.24, 2.45) is 17.6 Å². The lowest BCUT2D eigenvalue weighted by atomic mass is 9.94. The lowest BCUT2D eigenvalue weighted by molar-refractivity contribution is -0.138. The summed E-state index contributed by atoms with van der Waals surface area (Å²) in [4.78, 5) is 38.9. The maximum Gasteiger partial charge on any atom is 0.242 e. The molecule has 4 N–H and O–H groups in total. The van der Waals surface area contributed by atoms with Crippen LogP contribution in [0.3, 0.4) is 0 Å². The SMILES string of the molecule is COc1ccc(CNC(=O)[C@H](C)NC(=O)C2CCN(C(=O)[C@@H](N)C(C)C)CC2)cc1. The fourth-order valence-electron chi connectivity index (χ4n) is 3.34. The van der Waals surface area contributed by atoms with E-state index in [0.717, 1.165) is 11.3 Å². The molecule has 1 fully saturated rings. The third kappa shape index (κ3) is 6.45. The van der Waals surface area contributed by atoms with Gasteiger partial charge in [-0.25, -0.2) is 0 Å². The molecule has 0 unspecified atom stereocenters. The van der Waals surface area contributed by atoms with Gasteiger partial charge in [-0.15, -0.1) is 0 Å². The number of likely N-dealkylation sites (tertiary alicyclic amines) is 1. The van der Waals surface area contributed by atoms with E-state index in [4.69, 9.17) is 10.5 Å². The van der Waals surface area contributed by atoms with Crippen LogP contribution in [-0.4, -0.2) is 54.9 Å². The summed E-state index contributed by atoms with van der Waals surface area (Å²) in [6.45, 7) is 6.90. The minimum absolute atomic E-state index is 0.0601. The van der Waals surface area contributed by atoms with E-state index in [0.29, 0.717) is 32.5 Å². The first-order valence-corrected chi connectivity index (χ1v) is 10.5. The lowest BCUT2D eigenvalue weighted by Crippen LogP contribution is -2.52. The molecule has 2 atom stereocenters. The van der Waals surface area contributed by atoms with E-state index in [2.05, 4.69) is 10.6 Å². The van der Waals surface area contributed by atoms with Crippen molar-refractivity contribution in [1.29, 1.82) is 0 Å². The van der Waals surface area contributed by atoms with Crippen LogP contribution in [0.5, 0.6) is 5.75 Å². The molecule has 0 bridgehead atoms. The molecule has 1 aromatic carbocycles. The van der Waals surface area contributed by atoms with Crippen LogP contribution in [0.15, 0.2) is 24.3 Å². The number of nitrogens with two attached hydrogens (primary N) is 1. The third-order valence-electron chi connectivity index (χ3n) is 5.56. The first-order valence-electron chi connectivity index (χ1n) is 10.5. The van der Waals surface area contributed by atoms with E-state index in [9.17, 15) is 14.4 Å². The summed E-state index contributed by atoms with van der Waals surface area (Å²) in [5.74, 6) is 0.175. The van der Waals surface area contributed by atoms with Gasteiger partial charge in [0.25, 0.3) is 0 Å². The van der Waals surface area contributed by atoms with Gasteiger partial charge >= 0.3 is 0 Å². The number of carbonyl (C=O) groups is 3. The zero-order valence-corrected chi connectivity index (χ0v) is 18.3. The molecule has 0 spiro atoms. The van der Waals surface area contributed by atoms with Gasteiger partial charge in [-0.2, -0.15) is 0 Å². The Kier molecular flexibility index (Phi) is 8.65. The summed E-state index contributed by atoms with van der Waals surface area (Å²) >= 11 is 0. The highest BCUT2D eigenvalue weighted by Gasteiger charge is 2.31. The highest BCUT2D eigenvalue weighted by atomic mass is 16.5. The Balaban J connectivity index is 1.75. The Hall–Kier alpha value is -2.61. The van der Waals surface area contributed by atoms with Crippen molar-refractivity contribution in [2.45, 2.75) is 52.2 Å². The molecule has 0 aliphatic carbocycles. The predicted octanol–water partition coefficient (Wildman–Crippen LogP) is 1.04. The Morgan fingerprint density at radius 1 is 1.13 bits per heavy atom. The molecule has 0 aromatic heterocycles. The number of methoxy groups -OCH3 is 1. The fourth-order valence-corrected chi connectivity index (χ4v) is 3.34. The summed E-state index contributed by atoms with van der Waals surface area (Å²) in [5, 5.41) is 5.62. The quantitative estimate of drug-likeness (QED) is 0.584. The molecule has 1 heterocycles. The van der Waals surface area contributed by atoms with E-state index in [-0.39, 0.29) is 29.6 Å². The number of rotatable bonds is 8. The smallest absolute Gasteiger partial charge is 0.242 e. The van der Waals surface area contributed by atoms with Crippen molar-refractivity contribution < 1.29 is 19.1 Å². The van der Waals surface area contributed by atoms with Crippen LogP contribution in [-0.2, 0) is 20.9 Å². The van der Waals surface area contributed by atoms with Gasteiger partial charge < -0.3 is 26.0 Å². The molecule has 0 saturated carbocycles. The van der Waals surface area contributed by atoms with Crippen molar-refractivity contribution in [3.8, 4) is 5.75 Å². The molecule has 8 heteroatoms. The summed E-state index contributed by atoms with van der Waals surface area (Å²) in [6.07, 6.45) is 1.14. The molecule has 1 aromatic rings. The average Bonchev–Trinajstić information content (AvgIpc) is 2.76. The van der Waals surface area contributed by atoms with E-state index in [1.807, 2.05) is 38.1 Å². The largest absolute Gasteiger partial charge is 0.497 e. The molecule has 0 radical (unpaired) electrons. The molecule has 1 saturated heterocycles. The van der Waals surface area contributed by atoms with Gasteiger partial charge in [0, 0.05) is 25.6 Å². The molecule has 1 aliphatic rings. The Morgan fingerprint density at radius 3 is 2.27 bits per heavy atom. The Morgan fingerprint density at radius 2 is 1.73 bits per heavy atom. The maximum absolute atomic E-state index is 12.5. The molecule has 2 rings (SSSR count). The third-order valence-corrected chi connectivity index (χ3v) is 5.56. The number of piperidine rings is 1. The van der Waals surface area contributed by atoms with Crippen molar-refractivity contribution in [2.75, 3.05) is 20.2 Å². The zero-order valence-electron chi connectivity index (χ0n) is 18.3. The number of nitrogens with zero attached hydrogens (tertiary/aromatic N) is 1. The van der Waals surface area contributed by atoms with E-state index in [1.54, 1.807) is 18.9 Å². The second-order valence-corrected chi connectivity index (χ2v) is 8.17. The first-order chi connectivity index (χ1) is 14.2. The van der Waals surface area contributed by atoms with Gasteiger partial charge in [0.15, 0.2) is 0 Å². The van der Waals surface area contributed by atoms with Gasteiger partial charge in [-0.3, -0.25) is 14.4 Å². The van der Waals surface area contributed by atoms with Crippen LogP contribution in [0.1, 0.15) is 39.2 Å². The average molecular weight is 419 g/mol. The van der Waals surface area contributed by atoms with Gasteiger partial charge in [0.05, 0.1) is 13.2 Å². The Bertz CT molecular complexity index is 727. The monoisotopic (exact) mass is 418 g/mol. The maximum atomic E-state index is 12.5. The minimum Gasteiger partial charge on any atom is -0.497 e. The topological polar surface area (TPSA) is 114 Å². The molecular weight excluding hydrogens is 384 g/mol. The highest BCUT2D eigenvalue weighted by Crippen LogP contribution is 2.19. The van der Waals surface area contributed by atoms with Crippen LogP contribution in [0.25, 0.3) is 0 Å². The van der Waals surface area contributed by atoms with Crippen LogP contribution < -0.4 is 21.1 Å². The minimum atomic E-state index is -0.634. The second-order valence-electron chi connectivity index (χ2n) is 8.17. The number of ether oxygens (including phenoxy) is 1. The molecule has 1 aliphatic heterocycles. The normalized spacial score (nSPS) is 16.7. The molecule has 8 nitrogen and oxygen atoms in total. The first kappa shape index (κ1) is 23.7. The Labute approximate surface area is 178 Å². The van der Waals surface area contributed by atoms with Crippen molar-refractivity contribution in [3.63, 3.8) is 0 Å². The van der Waals surface area contributed by atoms with E-state index in [1.165, 1.54) is 0 Å². The summed E-state index contributed by atoms with van der Waals surface area (Å²) < 4.78 is 5.11. The standard InChI is InChI=1S/C22H34N4O4/c1-14(2)19(23)22(29)26-11-9-17(10-12-26)21(28)25-15(3)20(27)24-13-16-5-7-18(30-4)8-6-16/h5-8,14-15,17,19H,9-13,23H2,1-4H3,(H,24,27)(H,25,28)/t15-,19-/m0/s1. The number of carbonyl (C=O) groups excluding carboxylic acids is 3. The fraction of sp³-hybridized carbons (Fsp3) is 0.591. The molecular formula is C22H34N4O4. The summed E-state index contributed by atoms with van der Waals surface area (Å²) in [7, 11) is 1.60. The summed E-state index contributed by atoms with van der Waals surface area (Å²) in [5.41, 5.74) is 6.89. The molecule has 166 valence electrons. The van der Waals surface area contributed by atoms with Gasteiger partial charge in [-0.05, 0) is 43.4 Å². The number of hydrogen-bond donors (Lipinski definition) is 3.